The largest absolute Gasteiger partial charge is 0.481 e. The molecule has 0 aromatic carbocycles. The fraction of sp³-hybridized carbons (Fsp3) is 0.522. The van der Waals surface area contributed by atoms with Crippen molar-refractivity contribution in [1.82, 2.24) is 15.0 Å². The van der Waals surface area contributed by atoms with Crippen LogP contribution in [0.4, 0.5) is 5.82 Å². The first-order chi connectivity index (χ1) is 14.0. The van der Waals surface area contributed by atoms with Gasteiger partial charge in [-0.25, -0.2) is 15.0 Å². The van der Waals surface area contributed by atoms with Crippen molar-refractivity contribution in [1.29, 1.82) is 0 Å². The third kappa shape index (κ3) is 6.90. The summed E-state index contributed by atoms with van der Waals surface area (Å²) in [5.74, 6) is 0.406. The lowest BCUT2D eigenvalue weighted by atomic mass is 9.91. The molecule has 2 N–H and O–H groups in total. The highest BCUT2D eigenvalue weighted by atomic mass is 16.4. The Hall–Kier alpha value is -2.83. The van der Waals surface area contributed by atoms with E-state index in [1.54, 1.807) is 19.3 Å². The number of carboxylic acids is 1. The van der Waals surface area contributed by atoms with Gasteiger partial charge in [0.1, 0.15) is 17.4 Å². The molecule has 7 heteroatoms. The average Bonchev–Trinajstić information content (AvgIpc) is 2.71. The molecule has 0 fully saturated rings. The molecule has 0 aliphatic carbocycles. The smallest absolute Gasteiger partial charge is 0.303 e. The van der Waals surface area contributed by atoms with E-state index in [1.807, 2.05) is 0 Å². The summed E-state index contributed by atoms with van der Waals surface area (Å²) in [5, 5.41) is 12.5. The van der Waals surface area contributed by atoms with Gasteiger partial charge in [0.25, 0.3) is 0 Å². The number of anilines is 1. The lowest BCUT2D eigenvalue weighted by molar-refractivity contribution is -0.137. The Kier molecular flexibility index (Phi) is 8.89. The maximum absolute atomic E-state index is 12.4. The van der Waals surface area contributed by atoms with E-state index in [1.165, 1.54) is 5.56 Å². The van der Waals surface area contributed by atoms with Crippen LogP contribution >= 0.6 is 0 Å². The van der Waals surface area contributed by atoms with Gasteiger partial charge in [0, 0.05) is 43.4 Å². The Morgan fingerprint density at radius 3 is 2.67 bits per heavy atom. The quantitative estimate of drug-likeness (QED) is 0.566. The summed E-state index contributed by atoms with van der Waals surface area (Å²) >= 11 is 0. The second-order valence-corrected chi connectivity index (χ2v) is 7.65. The molecule has 0 spiro atoms. The summed E-state index contributed by atoms with van der Waals surface area (Å²) in [6, 6.07) is 4.23. The van der Waals surface area contributed by atoms with E-state index >= 15 is 0 Å². The Balaban J connectivity index is 0.00000320. The number of rotatable bonds is 10. The lowest BCUT2D eigenvalue weighted by Gasteiger charge is -2.17. The van der Waals surface area contributed by atoms with Gasteiger partial charge in [-0.05, 0) is 56.2 Å². The predicted octanol–water partition coefficient (Wildman–Crippen LogP) is 4.10. The van der Waals surface area contributed by atoms with Gasteiger partial charge in [-0.15, -0.1) is 0 Å². The van der Waals surface area contributed by atoms with Crippen molar-refractivity contribution in [2.24, 2.45) is 0 Å². The summed E-state index contributed by atoms with van der Waals surface area (Å²) in [6.45, 7) is 2.75. The minimum absolute atomic E-state index is 0. The second-order valence-electron chi connectivity index (χ2n) is 7.65. The van der Waals surface area contributed by atoms with Gasteiger partial charge in [0.2, 0.25) is 0 Å². The second kappa shape index (κ2) is 11.4. The van der Waals surface area contributed by atoms with Crippen molar-refractivity contribution >= 4 is 17.6 Å². The molecular weight excluding hydrogens is 380 g/mol. The zero-order valence-electron chi connectivity index (χ0n) is 16.9. The molecule has 0 radical (unpaired) electrons. The van der Waals surface area contributed by atoms with Crippen molar-refractivity contribution in [2.45, 2.75) is 71.6 Å². The number of nitrogens with zero attached hydrogens (tertiary/aromatic N) is 3. The van der Waals surface area contributed by atoms with Crippen LogP contribution in [0.25, 0.3) is 0 Å². The summed E-state index contributed by atoms with van der Waals surface area (Å²) in [4.78, 5) is 36.5. The number of carbonyl (C=O) groups excluding carboxylic acids is 1. The van der Waals surface area contributed by atoms with Gasteiger partial charge in [0.05, 0.1) is 6.42 Å². The number of ketones is 1. The molecule has 3 heterocycles. The zero-order chi connectivity index (χ0) is 20.6. The number of aliphatic carboxylic acids is 1. The van der Waals surface area contributed by atoms with Crippen molar-refractivity contribution in [3.8, 4) is 0 Å². The van der Waals surface area contributed by atoms with E-state index in [-0.39, 0.29) is 32.0 Å². The van der Waals surface area contributed by atoms with E-state index in [9.17, 15) is 14.7 Å². The van der Waals surface area contributed by atoms with Crippen molar-refractivity contribution in [3.63, 3.8) is 0 Å². The molecule has 1 unspecified atom stereocenters. The van der Waals surface area contributed by atoms with Gasteiger partial charge in [-0.1, -0.05) is 13.5 Å². The van der Waals surface area contributed by atoms with E-state index in [0.717, 1.165) is 50.2 Å². The zero-order valence-corrected chi connectivity index (χ0v) is 16.9. The topological polar surface area (TPSA) is 105 Å². The van der Waals surface area contributed by atoms with Crippen molar-refractivity contribution in [3.05, 3.63) is 47.2 Å². The average molecular weight is 413 g/mol. The highest BCUT2D eigenvalue weighted by Crippen LogP contribution is 2.24. The number of Topliss-reactive ketones (excluding diaryl/α,β-unsaturated/α-hetero) is 1. The van der Waals surface area contributed by atoms with Gasteiger partial charge in [-0.2, -0.15) is 0 Å². The van der Waals surface area contributed by atoms with Gasteiger partial charge >= 0.3 is 5.97 Å². The minimum Gasteiger partial charge on any atom is -0.481 e. The number of hydrogen-bond donors (Lipinski definition) is 2. The number of fused-ring (bicyclic) bond motifs is 1. The molecule has 1 aliphatic heterocycles. The summed E-state index contributed by atoms with van der Waals surface area (Å²) in [6.07, 6.45) is 8.53. The summed E-state index contributed by atoms with van der Waals surface area (Å²) in [5.41, 5.74) is 3.03. The van der Waals surface area contributed by atoms with Crippen LogP contribution in [0.5, 0.6) is 0 Å². The number of aryl methyl sites for hydroxylation is 3. The number of unbranched alkanes of at least 4 members (excludes halogenated alkanes) is 1. The van der Waals surface area contributed by atoms with Gasteiger partial charge < -0.3 is 10.4 Å². The summed E-state index contributed by atoms with van der Waals surface area (Å²) in [7, 11) is 0. The van der Waals surface area contributed by atoms with Crippen LogP contribution in [0.15, 0.2) is 24.5 Å². The van der Waals surface area contributed by atoms with Gasteiger partial charge in [-0.3, -0.25) is 9.59 Å². The molecule has 1 aliphatic rings. The van der Waals surface area contributed by atoms with Crippen LogP contribution in [0.1, 0.15) is 74.5 Å². The fourth-order valence-corrected chi connectivity index (χ4v) is 3.65. The molecule has 2 aromatic rings. The molecule has 2 aromatic heterocycles. The van der Waals surface area contributed by atoms with E-state index in [2.05, 4.69) is 32.4 Å². The van der Waals surface area contributed by atoms with E-state index < -0.39 is 5.97 Å². The number of nitrogens with one attached hydrogen (secondary N) is 1. The van der Waals surface area contributed by atoms with E-state index in [0.29, 0.717) is 17.8 Å². The first kappa shape index (κ1) is 23.4. The maximum atomic E-state index is 12.4. The molecule has 0 saturated carbocycles. The van der Waals surface area contributed by atoms with Crippen molar-refractivity contribution in [2.75, 3.05) is 11.9 Å². The van der Waals surface area contributed by atoms with Crippen LogP contribution in [-0.2, 0) is 22.4 Å². The standard InChI is InChI=1S/C22H28N4O3.CH4/c1-15-24-13-18(14-25-15)17(12-21(28)29)11-20(27)7-3-2-6-19-9-8-16-5-4-10-23-22(16)26-19;/h8-9,13-14,17H,2-7,10-12H2,1H3,(H,23,26)(H,28,29);1H4. The molecule has 0 bridgehead atoms. The first-order valence-corrected chi connectivity index (χ1v) is 10.3. The van der Waals surface area contributed by atoms with Crippen molar-refractivity contribution < 1.29 is 14.7 Å². The van der Waals surface area contributed by atoms with Gasteiger partial charge in [0.15, 0.2) is 0 Å². The molecule has 7 nitrogen and oxygen atoms in total. The molecule has 1 atom stereocenters. The number of aromatic nitrogens is 3. The van der Waals surface area contributed by atoms with Crippen LogP contribution < -0.4 is 5.32 Å². The summed E-state index contributed by atoms with van der Waals surface area (Å²) < 4.78 is 0. The van der Waals surface area contributed by atoms with Crippen LogP contribution in [-0.4, -0.2) is 38.4 Å². The third-order valence-corrected chi connectivity index (χ3v) is 5.26. The normalized spacial score (nSPS) is 13.5. The molecule has 0 saturated heterocycles. The van der Waals surface area contributed by atoms with Crippen LogP contribution in [0, 0.1) is 6.92 Å². The minimum atomic E-state index is -0.921. The molecule has 3 rings (SSSR count). The molecule has 30 heavy (non-hydrogen) atoms. The highest BCUT2D eigenvalue weighted by molar-refractivity contribution is 5.80. The van der Waals surface area contributed by atoms with Crippen LogP contribution in [0.2, 0.25) is 0 Å². The predicted molar refractivity (Wildman–Crippen MR) is 117 cm³/mol. The van der Waals surface area contributed by atoms with E-state index in [4.69, 9.17) is 0 Å². The highest BCUT2D eigenvalue weighted by Gasteiger charge is 2.20. The fourth-order valence-electron chi connectivity index (χ4n) is 3.65. The Morgan fingerprint density at radius 2 is 1.93 bits per heavy atom. The number of carbonyl (C=O) groups is 2. The third-order valence-electron chi connectivity index (χ3n) is 5.26. The SMILES string of the molecule is C.Cc1ncc(C(CC(=O)O)CC(=O)CCCCc2ccc3c(n2)NCCC3)cn1. The van der Waals surface area contributed by atoms with Crippen LogP contribution in [0.3, 0.4) is 0 Å². The maximum Gasteiger partial charge on any atom is 0.303 e. The Morgan fingerprint density at radius 1 is 1.17 bits per heavy atom. The number of hydrogen-bond acceptors (Lipinski definition) is 6. The molecule has 0 amide bonds. The lowest BCUT2D eigenvalue weighted by Crippen LogP contribution is -2.14. The number of carboxylic acid groups (broad SMARTS) is 1. The monoisotopic (exact) mass is 412 g/mol. The molecular formula is C23H32N4O3. The number of pyridine rings is 1. The Labute approximate surface area is 178 Å². The first-order valence-electron chi connectivity index (χ1n) is 10.3. The molecule has 162 valence electrons. The Bertz CT molecular complexity index is 852.